The van der Waals surface area contributed by atoms with Crippen LogP contribution in [0, 0.1) is 28.9 Å². The molecular formula is C23H33N3O4S2. The van der Waals surface area contributed by atoms with Crippen molar-refractivity contribution >= 4 is 26.6 Å². The summed E-state index contributed by atoms with van der Waals surface area (Å²) in [6, 6.07) is 12.8. The van der Waals surface area contributed by atoms with Crippen LogP contribution in [0.3, 0.4) is 0 Å². The summed E-state index contributed by atoms with van der Waals surface area (Å²) in [7, 11) is -5.35. The number of sulfonamides is 1. The summed E-state index contributed by atoms with van der Waals surface area (Å²) in [5.41, 5.74) is 0.829. The average molecular weight is 480 g/mol. The van der Waals surface area contributed by atoms with Crippen LogP contribution in [0.4, 0.5) is 5.69 Å². The predicted molar refractivity (Wildman–Crippen MR) is 130 cm³/mol. The normalized spacial score (nSPS) is 13.2. The van der Waals surface area contributed by atoms with Crippen molar-refractivity contribution in [3.63, 3.8) is 0 Å². The number of nitro groups is 1. The van der Waals surface area contributed by atoms with E-state index in [1.807, 2.05) is 11.2 Å². The Kier molecular flexibility index (Phi) is 9.54. The van der Waals surface area contributed by atoms with E-state index in [4.69, 9.17) is 0 Å². The van der Waals surface area contributed by atoms with E-state index in [0.717, 1.165) is 18.4 Å². The first-order valence-electron chi connectivity index (χ1n) is 10.8. The molecule has 32 heavy (non-hydrogen) atoms. The van der Waals surface area contributed by atoms with E-state index in [1.54, 1.807) is 30.3 Å². The zero-order valence-corrected chi connectivity index (χ0v) is 21.0. The second-order valence-corrected chi connectivity index (χ2v) is 12.1. The molecule has 0 aliphatic rings. The molecule has 2 rings (SSSR count). The number of aryl methyl sites for hydroxylation is 1. The molecule has 7 nitrogen and oxygen atoms in total. The number of nitro benzene ring substituents is 1. The molecule has 9 heteroatoms. The Labute approximate surface area is 194 Å². The monoisotopic (exact) mass is 479 g/mol. The van der Waals surface area contributed by atoms with E-state index in [9.17, 15) is 18.5 Å². The van der Waals surface area contributed by atoms with Crippen LogP contribution in [0.15, 0.2) is 62.1 Å². The second-order valence-electron chi connectivity index (χ2n) is 8.65. The quantitative estimate of drug-likeness (QED) is 0.302. The highest BCUT2D eigenvalue weighted by molar-refractivity contribution is 7.99. The molecule has 0 aliphatic heterocycles. The largest absolute Gasteiger partial charge is 0.289 e. The minimum absolute atomic E-state index is 0.0897. The van der Waals surface area contributed by atoms with Gasteiger partial charge in [-0.2, -0.15) is 8.42 Å². The van der Waals surface area contributed by atoms with Crippen LogP contribution < -0.4 is 0 Å². The third-order valence-electron chi connectivity index (χ3n) is 4.90. The summed E-state index contributed by atoms with van der Waals surface area (Å²) in [5.74, 6) is 0.808. The van der Waals surface area contributed by atoms with Crippen molar-refractivity contribution in [2.75, 3.05) is 13.1 Å². The standard InChI is InChI=1S/C23H33N3O4S2/c1-18(2)14-16-25(17-15-19(3)4)31(23-9-7-6-8-22(23)26(27)28)24-32(29,30)21-12-10-20(5)11-13-21/h6-13,18-19H,14-17H2,1-5H3. The van der Waals surface area contributed by atoms with Crippen LogP contribution in [-0.2, 0) is 20.9 Å². The van der Waals surface area contributed by atoms with E-state index in [0.29, 0.717) is 29.8 Å². The van der Waals surface area contributed by atoms with Gasteiger partial charge < -0.3 is 0 Å². The Balaban J connectivity index is 2.68. The van der Waals surface area contributed by atoms with Crippen LogP contribution in [0.1, 0.15) is 46.1 Å². The fourth-order valence-electron chi connectivity index (χ4n) is 2.92. The Bertz CT molecular complexity index is 1040. The summed E-state index contributed by atoms with van der Waals surface area (Å²) in [6.45, 7) is 11.5. The van der Waals surface area contributed by atoms with Gasteiger partial charge in [-0.05, 0) is 49.8 Å². The molecule has 0 saturated carbocycles. The minimum Gasteiger partial charge on any atom is -0.258 e. The van der Waals surface area contributed by atoms with Crippen molar-refractivity contribution in [2.24, 2.45) is 15.6 Å². The maximum atomic E-state index is 13.2. The molecule has 176 valence electrons. The van der Waals surface area contributed by atoms with Crippen LogP contribution in [0.2, 0.25) is 0 Å². The molecule has 0 heterocycles. The first-order valence-corrected chi connectivity index (χ1v) is 13.4. The van der Waals surface area contributed by atoms with Gasteiger partial charge in [-0.3, -0.25) is 10.1 Å². The number of nitrogens with zero attached hydrogens (tertiary/aromatic N) is 3. The molecule has 0 bridgehead atoms. The highest BCUT2D eigenvalue weighted by Crippen LogP contribution is 2.28. The summed E-state index contributed by atoms with van der Waals surface area (Å²) in [4.78, 5) is 11.7. The van der Waals surface area contributed by atoms with Gasteiger partial charge in [0.2, 0.25) is 0 Å². The molecule has 2 aromatic rings. The highest BCUT2D eigenvalue weighted by Gasteiger charge is 2.25. The lowest BCUT2D eigenvalue weighted by molar-refractivity contribution is -0.387. The van der Waals surface area contributed by atoms with E-state index in [-0.39, 0.29) is 10.6 Å². The lowest BCUT2D eigenvalue weighted by atomic mass is 10.1. The van der Waals surface area contributed by atoms with E-state index >= 15 is 0 Å². The lowest BCUT2D eigenvalue weighted by Crippen LogP contribution is -2.31. The smallest absolute Gasteiger partial charge is 0.258 e. The van der Waals surface area contributed by atoms with Gasteiger partial charge in [0.05, 0.1) is 9.82 Å². The SMILES string of the molecule is Cc1ccc(S(=O)(=O)/N=S(/c2ccccc2[N+](=O)[O-])N(CCC(C)C)CCC(C)C)cc1. The predicted octanol–water partition coefficient (Wildman–Crippen LogP) is 5.76. The molecule has 1 unspecified atom stereocenters. The Morgan fingerprint density at radius 2 is 1.50 bits per heavy atom. The maximum Gasteiger partial charge on any atom is 0.289 e. The summed E-state index contributed by atoms with van der Waals surface area (Å²) in [6.07, 6.45) is 1.67. The molecule has 0 N–H and O–H groups in total. The highest BCUT2D eigenvalue weighted by atomic mass is 32.3. The van der Waals surface area contributed by atoms with Gasteiger partial charge in [0, 0.05) is 30.0 Å². The van der Waals surface area contributed by atoms with Gasteiger partial charge in [0.1, 0.15) is 4.90 Å². The molecular weight excluding hydrogens is 446 g/mol. The molecule has 0 radical (unpaired) electrons. The van der Waals surface area contributed by atoms with Gasteiger partial charge in [-0.15, -0.1) is 3.77 Å². The maximum absolute atomic E-state index is 13.2. The lowest BCUT2D eigenvalue weighted by Gasteiger charge is -2.26. The molecule has 0 aliphatic carbocycles. The molecule has 0 saturated heterocycles. The van der Waals surface area contributed by atoms with Crippen molar-refractivity contribution < 1.29 is 13.3 Å². The third kappa shape index (κ3) is 7.50. The first kappa shape index (κ1) is 26.2. The third-order valence-corrected chi connectivity index (χ3v) is 8.71. The van der Waals surface area contributed by atoms with Crippen molar-refractivity contribution in [3.8, 4) is 0 Å². The molecule has 0 aromatic heterocycles. The minimum atomic E-state index is -4.02. The molecule has 0 amide bonds. The summed E-state index contributed by atoms with van der Waals surface area (Å²) >= 11 is 0. The second kappa shape index (κ2) is 11.7. The molecule has 1 atom stereocenters. The number of hydrogen-bond acceptors (Lipinski definition) is 4. The zero-order valence-electron chi connectivity index (χ0n) is 19.4. The van der Waals surface area contributed by atoms with Crippen molar-refractivity contribution in [2.45, 2.75) is 57.3 Å². The van der Waals surface area contributed by atoms with Crippen LogP contribution in [0.5, 0.6) is 0 Å². The Morgan fingerprint density at radius 3 is 2.00 bits per heavy atom. The summed E-state index contributed by atoms with van der Waals surface area (Å²) in [5, 5.41) is 11.8. The average Bonchev–Trinajstić information content (AvgIpc) is 2.72. The van der Waals surface area contributed by atoms with E-state index in [1.165, 1.54) is 18.2 Å². The van der Waals surface area contributed by atoms with Gasteiger partial charge in [0.25, 0.3) is 15.7 Å². The van der Waals surface area contributed by atoms with Crippen molar-refractivity contribution in [3.05, 3.63) is 64.2 Å². The number of benzene rings is 2. The number of hydrogen-bond donors (Lipinski definition) is 0. The Hall–Kier alpha value is -2.10. The van der Waals surface area contributed by atoms with Gasteiger partial charge in [-0.25, -0.2) is 4.31 Å². The molecule has 0 fully saturated rings. The number of rotatable bonds is 11. The molecule has 2 aromatic carbocycles. The fraction of sp³-hybridized carbons (Fsp3) is 0.478. The Morgan fingerprint density at radius 1 is 0.969 bits per heavy atom. The van der Waals surface area contributed by atoms with Crippen LogP contribution >= 0.6 is 0 Å². The first-order chi connectivity index (χ1) is 15.0. The topological polar surface area (TPSA) is 92.9 Å². The van der Waals surface area contributed by atoms with E-state index < -0.39 is 25.8 Å². The van der Waals surface area contributed by atoms with Crippen LogP contribution in [-0.4, -0.2) is 30.7 Å². The van der Waals surface area contributed by atoms with Gasteiger partial charge in [-0.1, -0.05) is 57.5 Å². The van der Waals surface area contributed by atoms with Gasteiger partial charge >= 0.3 is 0 Å². The zero-order chi connectivity index (χ0) is 23.9. The number of para-hydroxylation sites is 1. The van der Waals surface area contributed by atoms with Gasteiger partial charge in [0.15, 0.2) is 0 Å². The van der Waals surface area contributed by atoms with E-state index in [2.05, 4.69) is 31.5 Å². The van der Waals surface area contributed by atoms with Crippen LogP contribution in [0.25, 0.3) is 0 Å². The summed E-state index contributed by atoms with van der Waals surface area (Å²) < 4.78 is 32.8. The van der Waals surface area contributed by atoms with Crippen molar-refractivity contribution in [1.29, 1.82) is 0 Å². The fourth-order valence-corrected chi connectivity index (χ4v) is 6.56. The molecule has 0 spiro atoms. The van der Waals surface area contributed by atoms with Crippen molar-refractivity contribution in [1.82, 2.24) is 4.31 Å².